The van der Waals surface area contributed by atoms with E-state index >= 15 is 0 Å². The first kappa shape index (κ1) is 13.6. The lowest BCUT2D eigenvalue weighted by molar-refractivity contribution is 0.0156. The Balaban J connectivity index is 1.86. The predicted molar refractivity (Wildman–Crippen MR) is 75.9 cm³/mol. The minimum absolute atomic E-state index is 0.398. The van der Waals surface area contributed by atoms with Crippen molar-refractivity contribution in [3.8, 4) is 0 Å². The molecule has 2 unspecified atom stereocenters. The van der Waals surface area contributed by atoms with E-state index < -0.39 is 0 Å². The summed E-state index contributed by atoms with van der Waals surface area (Å²) in [5.41, 5.74) is 4.10. The van der Waals surface area contributed by atoms with Gasteiger partial charge >= 0.3 is 0 Å². The van der Waals surface area contributed by atoms with E-state index in [9.17, 15) is 0 Å². The summed E-state index contributed by atoms with van der Waals surface area (Å²) in [6.07, 6.45) is 4.15. The molecule has 0 saturated carbocycles. The maximum atomic E-state index is 5.74. The molecule has 0 amide bonds. The van der Waals surface area contributed by atoms with Gasteiger partial charge in [0.25, 0.3) is 0 Å². The summed E-state index contributed by atoms with van der Waals surface area (Å²) in [6, 6.07) is 7.12. The highest BCUT2D eigenvalue weighted by atomic mass is 16.5. The van der Waals surface area contributed by atoms with Gasteiger partial charge in [0.15, 0.2) is 0 Å². The molecule has 1 aromatic carbocycles. The largest absolute Gasteiger partial charge is 0.377 e. The van der Waals surface area contributed by atoms with Crippen LogP contribution in [-0.2, 0) is 4.74 Å². The van der Waals surface area contributed by atoms with Gasteiger partial charge in [-0.05, 0) is 56.7 Å². The zero-order chi connectivity index (χ0) is 13.0. The Morgan fingerprint density at radius 3 is 2.78 bits per heavy atom. The molecule has 0 aliphatic carbocycles. The third-order valence-corrected chi connectivity index (χ3v) is 3.96. The van der Waals surface area contributed by atoms with Gasteiger partial charge in [0.05, 0.1) is 6.10 Å². The average Bonchev–Trinajstić information content (AvgIpc) is 2.40. The molecule has 1 aliphatic rings. The highest BCUT2D eigenvalue weighted by molar-refractivity contribution is 5.31. The number of hydrogen-bond acceptors (Lipinski definition) is 2. The molecule has 2 atom stereocenters. The molecular weight excluding hydrogens is 222 g/mol. The predicted octanol–water partition coefficient (Wildman–Crippen LogP) is 3.52. The Morgan fingerprint density at radius 1 is 1.28 bits per heavy atom. The minimum Gasteiger partial charge on any atom is -0.377 e. The van der Waals surface area contributed by atoms with E-state index in [-0.39, 0.29) is 0 Å². The molecule has 1 aliphatic heterocycles. The lowest BCUT2D eigenvalue weighted by atomic mass is 10.0. The maximum absolute atomic E-state index is 5.74. The topological polar surface area (TPSA) is 21.3 Å². The molecule has 1 aromatic rings. The van der Waals surface area contributed by atoms with E-state index in [1.54, 1.807) is 0 Å². The van der Waals surface area contributed by atoms with Crippen LogP contribution in [0, 0.1) is 13.8 Å². The lowest BCUT2D eigenvalue weighted by Crippen LogP contribution is -2.33. The van der Waals surface area contributed by atoms with Crippen LogP contribution in [0.3, 0.4) is 0 Å². The first-order chi connectivity index (χ1) is 8.66. The normalized spacial score (nSPS) is 21.8. The fourth-order valence-corrected chi connectivity index (χ4v) is 2.43. The van der Waals surface area contributed by atoms with Crippen LogP contribution in [0.4, 0.5) is 0 Å². The Morgan fingerprint density at radius 2 is 2.11 bits per heavy atom. The Labute approximate surface area is 111 Å². The Kier molecular flexibility index (Phi) is 4.79. The van der Waals surface area contributed by atoms with Gasteiger partial charge in [-0.3, -0.25) is 0 Å². The molecule has 1 heterocycles. The number of nitrogens with one attached hydrogen (secondary N) is 1. The zero-order valence-electron chi connectivity index (χ0n) is 11.8. The summed E-state index contributed by atoms with van der Waals surface area (Å²) in [5, 5.41) is 3.59. The number of ether oxygens (including phenoxy) is 1. The van der Waals surface area contributed by atoms with E-state index in [0.29, 0.717) is 12.1 Å². The number of hydrogen-bond donors (Lipinski definition) is 1. The van der Waals surface area contributed by atoms with Crippen molar-refractivity contribution in [2.24, 2.45) is 0 Å². The number of benzene rings is 1. The molecule has 0 spiro atoms. The monoisotopic (exact) mass is 247 g/mol. The molecule has 18 heavy (non-hydrogen) atoms. The molecule has 2 rings (SSSR count). The molecule has 2 heteroatoms. The van der Waals surface area contributed by atoms with Crippen LogP contribution in [-0.4, -0.2) is 19.3 Å². The lowest BCUT2D eigenvalue weighted by Gasteiger charge is -2.25. The molecular formula is C16H25NO. The van der Waals surface area contributed by atoms with Crippen molar-refractivity contribution in [1.29, 1.82) is 0 Å². The first-order valence-electron chi connectivity index (χ1n) is 7.09. The van der Waals surface area contributed by atoms with Gasteiger partial charge in [0.1, 0.15) is 0 Å². The Hall–Kier alpha value is -0.860. The molecule has 0 aromatic heterocycles. The summed E-state index contributed by atoms with van der Waals surface area (Å²) < 4.78 is 5.74. The van der Waals surface area contributed by atoms with Gasteiger partial charge in [-0.25, -0.2) is 0 Å². The third-order valence-electron chi connectivity index (χ3n) is 3.96. The maximum Gasteiger partial charge on any atom is 0.0699 e. The SMILES string of the molecule is Cc1ccc(C(C)NCC2CCCCO2)cc1C. The summed E-state index contributed by atoms with van der Waals surface area (Å²) in [5.74, 6) is 0. The molecule has 1 saturated heterocycles. The van der Waals surface area contributed by atoms with Crippen LogP contribution >= 0.6 is 0 Å². The minimum atomic E-state index is 0.398. The van der Waals surface area contributed by atoms with Crippen molar-refractivity contribution in [2.75, 3.05) is 13.2 Å². The average molecular weight is 247 g/mol. The van der Waals surface area contributed by atoms with Crippen LogP contribution in [0.5, 0.6) is 0 Å². The Bertz CT molecular complexity index is 383. The van der Waals surface area contributed by atoms with Gasteiger partial charge in [0.2, 0.25) is 0 Å². The number of aryl methyl sites for hydroxylation is 2. The van der Waals surface area contributed by atoms with Crippen LogP contribution in [0.2, 0.25) is 0 Å². The number of rotatable bonds is 4. The van der Waals surface area contributed by atoms with Crippen LogP contribution in [0.25, 0.3) is 0 Å². The van der Waals surface area contributed by atoms with Crippen LogP contribution in [0.15, 0.2) is 18.2 Å². The summed E-state index contributed by atoms with van der Waals surface area (Å²) >= 11 is 0. The van der Waals surface area contributed by atoms with Crippen molar-refractivity contribution >= 4 is 0 Å². The molecule has 1 N–H and O–H groups in total. The molecule has 2 nitrogen and oxygen atoms in total. The molecule has 0 radical (unpaired) electrons. The van der Waals surface area contributed by atoms with Crippen molar-refractivity contribution in [3.63, 3.8) is 0 Å². The van der Waals surface area contributed by atoms with Gasteiger partial charge in [0, 0.05) is 19.2 Å². The molecule has 0 bridgehead atoms. The van der Waals surface area contributed by atoms with Crippen LogP contribution < -0.4 is 5.32 Å². The molecule has 100 valence electrons. The van der Waals surface area contributed by atoms with E-state index in [0.717, 1.165) is 13.2 Å². The van der Waals surface area contributed by atoms with Gasteiger partial charge in [-0.15, -0.1) is 0 Å². The highest BCUT2D eigenvalue weighted by Crippen LogP contribution is 2.18. The standard InChI is InChI=1S/C16H25NO/c1-12-7-8-15(10-13(12)2)14(3)17-11-16-6-4-5-9-18-16/h7-8,10,14,16-17H,4-6,9,11H2,1-3H3. The summed E-state index contributed by atoms with van der Waals surface area (Å²) in [4.78, 5) is 0. The van der Waals surface area contributed by atoms with Gasteiger partial charge in [-0.1, -0.05) is 18.2 Å². The van der Waals surface area contributed by atoms with E-state index in [4.69, 9.17) is 4.74 Å². The van der Waals surface area contributed by atoms with Crippen molar-refractivity contribution in [3.05, 3.63) is 34.9 Å². The fourth-order valence-electron chi connectivity index (χ4n) is 2.43. The second-order valence-electron chi connectivity index (χ2n) is 5.46. The molecule has 1 fully saturated rings. The van der Waals surface area contributed by atoms with E-state index in [1.807, 2.05) is 0 Å². The van der Waals surface area contributed by atoms with E-state index in [1.165, 1.54) is 36.0 Å². The third kappa shape index (κ3) is 3.56. The van der Waals surface area contributed by atoms with Gasteiger partial charge in [-0.2, -0.15) is 0 Å². The van der Waals surface area contributed by atoms with Crippen molar-refractivity contribution in [1.82, 2.24) is 5.32 Å². The van der Waals surface area contributed by atoms with Crippen molar-refractivity contribution in [2.45, 2.75) is 52.2 Å². The second-order valence-corrected chi connectivity index (χ2v) is 5.46. The smallest absolute Gasteiger partial charge is 0.0699 e. The first-order valence-corrected chi connectivity index (χ1v) is 7.09. The van der Waals surface area contributed by atoms with Crippen molar-refractivity contribution < 1.29 is 4.74 Å². The second kappa shape index (κ2) is 6.35. The zero-order valence-corrected chi connectivity index (χ0v) is 11.8. The quantitative estimate of drug-likeness (QED) is 0.879. The van der Waals surface area contributed by atoms with Gasteiger partial charge < -0.3 is 10.1 Å². The van der Waals surface area contributed by atoms with E-state index in [2.05, 4.69) is 44.3 Å². The summed E-state index contributed by atoms with van der Waals surface area (Å²) in [7, 11) is 0. The fraction of sp³-hybridized carbons (Fsp3) is 0.625. The summed E-state index contributed by atoms with van der Waals surface area (Å²) in [6.45, 7) is 8.47. The highest BCUT2D eigenvalue weighted by Gasteiger charge is 2.15. The van der Waals surface area contributed by atoms with Crippen LogP contribution in [0.1, 0.15) is 48.9 Å².